The van der Waals surface area contributed by atoms with Gasteiger partial charge in [0.1, 0.15) is 0 Å². The third-order valence-electron chi connectivity index (χ3n) is 2.89. The number of rotatable bonds is 1. The summed E-state index contributed by atoms with van der Waals surface area (Å²) in [6.07, 6.45) is 1.47. The first kappa shape index (κ1) is 9.95. The first-order chi connectivity index (χ1) is 7.22. The molecule has 1 aliphatic rings. The highest BCUT2D eigenvalue weighted by Crippen LogP contribution is 2.34. The fraction of sp³-hybridized carbons (Fsp3) is 0.308. The second-order valence-corrected chi connectivity index (χ2v) is 3.91. The molecule has 1 aromatic carbocycles. The van der Waals surface area contributed by atoms with Crippen molar-refractivity contribution in [1.29, 1.82) is 0 Å². The van der Waals surface area contributed by atoms with Gasteiger partial charge in [-0.3, -0.25) is 0 Å². The van der Waals surface area contributed by atoms with Crippen LogP contribution in [0.3, 0.4) is 0 Å². The van der Waals surface area contributed by atoms with Crippen LogP contribution in [0.2, 0.25) is 0 Å². The molecule has 1 aromatic rings. The molecule has 2 rings (SSSR count). The van der Waals surface area contributed by atoms with Crippen LogP contribution in [0.25, 0.3) is 10.4 Å². The molecular weight excluding hydrogens is 186 g/mol. The summed E-state index contributed by atoms with van der Waals surface area (Å²) in [5, 5.41) is 9.82. The average Bonchev–Trinajstić information content (AvgIpc) is 2.59. The SMILES string of the molecule is [C-]#[N+]c1ccc(C2=C(C)CCC2O)cc1. The molecule has 0 aromatic heterocycles. The van der Waals surface area contributed by atoms with Gasteiger partial charge in [0.15, 0.2) is 5.69 Å². The summed E-state index contributed by atoms with van der Waals surface area (Å²) in [4.78, 5) is 3.35. The topological polar surface area (TPSA) is 24.6 Å². The largest absolute Gasteiger partial charge is 0.388 e. The van der Waals surface area contributed by atoms with Crippen molar-refractivity contribution in [3.63, 3.8) is 0 Å². The lowest BCUT2D eigenvalue weighted by Gasteiger charge is -2.09. The molecule has 0 saturated heterocycles. The Kier molecular flexibility index (Phi) is 2.57. The second-order valence-electron chi connectivity index (χ2n) is 3.91. The van der Waals surface area contributed by atoms with E-state index in [9.17, 15) is 5.11 Å². The van der Waals surface area contributed by atoms with Crippen LogP contribution < -0.4 is 0 Å². The van der Waals surface area contributed by atoms with Crippen molar-refractivity contribution < 1.29 is 5.11 Å². The number of benzene rings is 1. The average molecular weight is 199 g/mol. The van der Waals surface area contributed by atoms with Crippen molar-refractivity contribution >= 4 is 11.3 Å². The summed E-state index contributed by atoms with van der Waals surface area (Å²) in [5.41, 5.74) is 4.00. The van der Waals surface area contributed by atoms with Crippen LogP contribution >= 0.6 is 0 Å². The second kappa shape index (κ2) is 3.88. The Hall–Kier alpha value is -1.59. The lowest BCUT2D eigenvalue weighted by molar-refractivity contribution is 0.231. The van der Waals surface area contributed by atoms with E-state index in [1.165, 1.54) is 5.57 Å². The third-order valence-corrected chi connectivity index (χ3v) is 2.89. The number of hydrogen-bond acceptors (Lipinski definition) is 1. The van der Waals surface area contributed by atoms with Crippen molar-refractivity contribution in [3.05, 3.63) is 46.8 Å². The molecule has 1 N–H and O–H groups in total. The first-order valence-electron chi connectivity index (χ1n) is 5.08. The van der Waals surface area contributed by atoms with Gasteiger partial charge in [-0.1, -0.05) is 29.8 Å². The Bertz CT molecular complexity index is 437. The van der Waals surface area contributed by atoms with Crippen LogP contribution in [0.1, 0.15) is 25.3 Å². The minimum absolute atomic E-state index is 0.330. The zero-order valence-corrected chi connectivity index (χ0v) is 8.70. The Morgan fingerprint density at radius 2 is 2.00 bits per heavy atom. The van der Waals surface area contributed by atoms with Gasteiger partial charge in [0, 0.05) is 0 Å². The number of aliphatic hydroxyl groups excluding tert-OH is 1. The Morgan fingerprint density at radius 1 is 1.33 bits per heavy atom. The zero-order chi connectivity index (χ0) is 10.8. The van der Waals surface area contributed by atoms with Gasteiger partial charge in [0.25, 0.3) is 0 Å². The summed E-state index contributed by atoms with van der Waals surface area (Å²) in [7, 11) is 0. The maximum absolute atomic E-state index is 9.82. The van der Waals surface area contributed by atoms with Crippen LogP contribution in [0.5, 0.6) is 0 Å². The molecule has 0 aliphatic heterocycles. The molecule has 0 amide bonds. The van der Waals surface area contributed by atoms with E-state index < -0.39 is 0 Å². The molecule has 0 spiro atoms. The molecule has 2 nitrogen and oxygen atoms in total. The first-order valence-corrected chi connectivity index (χ1v) is 5.08. The van der Waals surface area contributed by atoms with Gasteiger partial charge < -0.3 is 5.11 Å². The molecule has 0 bridgehead atoms. The van der Waals surface area contributed by atoms with Gasteiger partial charge in [0.2, 0.25) is 0 Å². The molecule has 0 radical (unpaired) electrons. The Labute approximate surface area is 89.7 Å². The number of allylic oxidation sites excluding steroid dienone is 1. The van der Waals surface area contributed by atoms with E-state index in [-0.39, 0.29) is 6.10 Å². The molecule has 2 heteroatoms. The number of hydrogen-bond donors (Lipinski definition) is 1. The molecule has 0 fully saturated rings. The molecule has 0 heterocycles. The molecule has 1 atom stereocenters. The maximum atomic E-state index is 9.82. The van der Waals surface area contributed by atoms with Gasteiger partial charge in [-0.25, -0.2) is 4.85 Å². The van der Waals surface area contributed by atoms with Crippen molar-refractivity contribution in [1.82, 2.24) is 0 Å². The van der Waals surface area contributed by atoms with Gasteiger partial charge in [-0.15, -0.1) is 0 Å². The van der Waals surface area contributed by atoms with Crippen LogP contribution in [0.15, 0.2) is 29.8 Å². The van der Waals surface area contributed by atoms with E-state index >= 15 is 0 Å². The smallest absolute Gasteiger partial charge is 0.187 e. The van der Waals surface area contributed by atoms with E-state index in [0.29, 0.717) is 5.69 Å². The molecule has 1 aliphatic carbocycles. The van der Waals surface area contributed by atoms with E-state index in [2.05, 4.69) is 11.8 Å². The summed E-state index contributed by atoms with van der Waals surface area (Å²) >= 11 is 0. The predicted molar refractivity (Wildman–Crippen MR) is 60.5 cm³/mol. The number of aliphatic hydroxyl groups is 1. The highest BCUT2D eigenvalue weighted by molar-refractivity contribution is 5.74. The van der Waals surface area contributed by atoms with E-state index in [1.54, 1.807) is 12.1 Å². The monoisotopic (exact) mass is 199 g/mol. The minimum Gasteiger partial charge on any atom is -0.388 e. The van der Waals surface area contributed by atoms with Crippen LogP contribution in [-0.2, 0) is 0 Å². The summed E-state index contributed by atoms with van der Waals surface area (Å²) in [5.74, 6) is 0. The lowest BCUT2D eigenvalue weighted by Crippen LogP contribution is -2.03. The lowest BCUT2D eigenvalue weighted by atomic mass is 10.0. The molecule has 1 unspecified atom stereocenters. The summed E-state index contributed by atoms with van der Waals surface area (Å²) in [6, 6.07) is 7.43. The van der Waals surface area contributed by atoms with Crippen molar-refractivity contribution in [3.8, 4) is 0 Å². The molecule has 15 heavy (non-hydrogen) atoms. The van der Waals surface area contributed by atoms with E-state index in [1.807, 2.05) is 12.1 Å². The quantitative estimate of drug-likeness (QED) is 0.690. The number of nitrogens with zero attached hydrogens (tertiary/aromatic N) is 1. The zero-order valence-electron chi connectivity index (χ0n) is 8.70. The Morgan fingerprint density at radius 3 is 2.47 bits per heavy atom. The van der Waals surface area contributed by atoms with Crippen LogP contribution in [0, 0.1) is 6.57 Å². The fourth-order valence-corrected chi connectivity index (χ4v) is 2.07. The molecule has 0 saturated carbocycles. The van der Waals surface area contributed by atoms with Crippen molar-refractivity contribution in [2.24, 2.45) is 0 Å². The molecule has 76 valence electrons. The minimum atomic E-state index is -0.330. The predicted octanol–water partition coefficient (Wildman–Crippen LogP) is 3.17. The van der Waals surface area contributed by atoms with Gasteiger partial charge >= 0.3 is 0 Å². The van der Waals surface area contributed by atoms with Gasteiger partial charge in [-0.05, 0) is 30.9 Å². The Balaban J connectivity index is 2.38. The van der Waals surface area contributed by atoms with E-state index in [4.69, 9.17) is 6.57 Å². The van der Waals surface area contributed by atoms with Crippen molar-refractivity contribution in [2.75, 3.05) is 0 Å². The standard InChI is InChI=1S/C13H13NO/c1-9-3-8-12(15)13(9)10-4-6-11(14-2)7-5-10/h4-7,12,15H,3,8H2,1H3. The van der Waals surface area contributed by atoms with Gasteiger partial charge in [-0.2, -0.15) is 0 Å². The van der Waals surface area contributed by atoms with Crippen LogP contribution in [0.4, 0.5) is 5.69 Å². The molecular formula is C13H13NO. The highest BCUT2D eigenvalue weighted by atomic mass is 16.3. The van der Waals surface area contributed by atoms with E-state index in [0.717, 1.165) is 24.0 Å². The van der Waals surface area contributed by atoms with Crippen molar-refractivity contribution in [2.45, 2.75) is 25.9 Å². The van der Waals surface area contributed by atoms with Crippen LogP contribution in [-0.4, -0.2) is 11.2 Å². The maximum Gasteiger partial charge on any atom is 0.187 e. The summed E-state index contributed by atoms with van der Waals surface area (Å²) < 4.78 is 0. The fourth-order valence-electron chi connectivity index (χ4n) is 2.07. The third kappa shape index (κ3) is 1.79. The van der Waals surface area contributed by atoms with Gasteiger partial charge in [0.05, 0.1) is 12.7 Å². The normalized spacial score (nSPS) is 20.5. The highest BCUT2D eigenvalue weighted by Gasteiger charge is 2.21. The summed E-state index contributed by atoms with van der Waals surface area (Å²) in [6.45, 7) is 8.93.